The van der Waals surface area contributed by atoms with Crippen LogP contribution < -0.4 is 5.73 Å². The Bertz CT molecular complexity index is 529. The molecule has 1 rings (SSSR count). The Morgan fingerprint density at radius 3 is 1.50 bits per heavy atom. The molecule has 0 aliphatic heterocycles. The van der Waals surface area contributed by atoms with Gasteiger partial charge >= 0.3 is 12.4 Å². The summed E-state index contributed by atoms with van der Waals surface area (Å²) in [6.45, 7) is 0. The molecule has 1 aromatic carbocycles. The van der Waals surface area contributed by atoms with Crippen LogP contribution in [0.2, 0.25) is 0 Å². The van der Waals surface area contributed by atoms with Gasteiger partial charge in [0.2, 0.25) is 0 Å². The summed E-state index contributed by atoms with van der Waals surface area (Å²) < 4.78 is 126. The summed E-state index contributed by atoms with van der Waals surface area (Å²) in [7, 11) is 0. The first-order valence-electron chi connectivity index (χ1n) is 4.55. The fourth-order valence-electron chi connectivity index (χ4n) is 1.34. The lowest BCUT2D eigenvalue weighted by Crippen LogP contribution is -2.32. The van der Waals surface area contributed by atoms with Gasteiger partial charge in [-0.1, -0.05) is 0 Å². The highest BCUT2D eigenvalue weighted by Gasteiger charge is 2.47. The molecular weight excluding hydrogens is 312 g/mol. The second-order valence-corrected chi connectivity index (χ2v) is 3.56. The van der Waals surface area contributed by atoms with Crippen LogP contribution in [0.5, 0.6) is 0 Å². The Labute approximate surface area is 104 Å². The maximum atomic E-state index is 13.3. The highest BCUT2D eigenvalue weighted by Crippen LogP contribution is 2.41. The molecule has 0 fully saturated rings. The van der Waals surface area contributed by atoms with Gasteiger partial charge in [-0.05, 0) is 0 Å². The van der Waals surface area contributed by atoms with Crippen molar-refractivity contribution in [3.05, 3.63) is 34.4 Å². The lowest BCUT2D eigenvalue weighted by Gasteiger charge is -2.20. The van der Waals surface area contributed by atoms with E-state index >= 15 is 0 Å². The van der Waals surface area contributed by atoms with Crippen LogP contribution in [0.1, 0.15) is 17.2 Å². The highest BCUT2D eigenvalue weighted by atomic mass is 19.4. The van der Waals surface area contributed by atoms with Crippen molar-refractivity contribution < 1.29 is 43.9 Å². The second-order valence-electron chi connectivity index (χ2n) is 3.56. The normalized spacial score (nSPS) is 14.6. The van der Waals surface area contributed by atoms with Crippen LogP contribution in [-0.4, -0.2) is 6.18 Å². The average Bonchev–Trinajstić information content (AvgIpc) is 2.23. The Morgan fingerprint density at radius 2 is 1.15 bits per heavy atom. The van der Waals surface area contributed by atoms with Gasteiger partial charge in [0.25, 0.3) is 0 Å². The molecule has 1 aromatic rings. The molecule has 0 aromatic heterocycles. The zero-order chi connectivity index (χ0) is 16.0. The minimum Gasteiger partial charge on any atom is -0.316 e. The highest BCUT2D eigenvalue weighted by molar-refractivity contribution is 5.34. The average molecular weight is 315 g/mol. The molecule has 0 bridgehead atoms. The standard InChI is InChI=1S/C9H3F10N/c10-3-1(7(20)9(17,18)19)4(11)6(13)5(12)2(3)8(14,15)16/h7H,20H2/t7-/m0/s1. The van der Waals surface area contributed by atoms with Crippen molar-refractivity contribution in [1.29, 1.82) is 0 Å². The quantitative estimate of drug-likeness (QED) is 0.476. The van der Waals surface area contributed by atoms with Gasteiger partial charge < -0.3 is 5.73 Å². The maximum absolute atomic E-state index is 13.3. The number of benzene rings is 1. The smallest absolute Gasteiger partial charge is 0.316 e. The van der Waals surface area contributed by atoms with Gasteiger partial charge in [-0.25, -0.2) is 17.6 Å². The molecule has 114 valence electrons. The van der Waals surface area contributed by atoms with E-state index in [1.807, 2.05) is 0 Å². The Morgan fingerprint density at radius 1 is 0.700 bits per heavy atom. The van der Waals surface area contributed by atoms with E-state index in [2.05, 4.69) is 5.73 Å². The van der Waals surface area contributed by atoms with Crippen LogP contribution in [-0.2, 0) is 6.18 Å². The SMILES string of the molecule is N[C@@H](c1c(F)c(F)c(F)c(C(F)(F)F)c1F)C(F)(F)F. The van der Waals surface area contributed by atoms with Crippen molar-refractivity contribution in [3.63, 3.8) is 0 Å². The number of rotatable bonds is 1. The van der Waals surface area contributed by atoms with Gasteiger partial charge in [0.1, 0.15) is 17.4 Å². The van der Waals surface area contributed by atoms with Crippen molar-refractivity contribution in [2.45, 2.75) is 18.4 Å². The number of hydrogen-bond donors (Lipinski definition) is 1. The molecule has 20 heavy (non-hydrogen) atoms. The summed E-state index contributed by atoms with van der Waals surface area (Å²) in [4.78, 5) is 0. The van der Waals surface area contributed by atoms with Crippen molar-refractivity contribution in [2.75, 3.05) is 0 Å². The van der Waals surface area contributed by atoms with E-state index in [-0.39, 0.29) is 0 Å². The van der Waals surface area contributed by atoms with Crippen molar-refractivity contribution in [1.82, 2.24) is 0 Å². The third-order valence-electron chi connectivity index (χ3n) is 2.24. The molecule has 11 heteroatoms. The summed E-state index contributed by atoms with van der Waals surface area (Å²) in [5.41, 5.74) is -1.08. The van der Waals surface area contributed by atoms with Gasteiger partial charge in [0.15, 0.2) is 17.5 Å². The summed E-state index contributed by atoms with van der Waals surface area (Å²) in [6, 6.07) is -3.58. The van der Waals surface area contributed by atoms with Crippen LogP contribution >= 0.6 is 0 Å². The molecule has 0 saturated carbocycles. The molecular formula is C9H3F10N. The Balaban J connectivity index is 3.76. The third kappa shape index (κ3) is 2.67. The first-order chi connectivity index (χ1) is 8.80. The van der Waals surface area contributed by atoms with Gasteiger partial charge in [0.05, 0.1) is 5.56 Å². The molecule has 0 amide bonds. The zero-order valence-corrected chi connectivity index (χ0v) is 8.93. The van der Waals surface area contributed by atoms with E-state index in [0.29, 0.717) is 0 Å². The molecule has 0 unspecified atom stereocenters. The first-order valence-corrected chi connectivity index (χ1v) is 4.55. The number of hydrogen-bond acceptors (Lipinski definition) is 1. The topological polar surface area (TPSA) is 26.0 Å². The molecule has 0 saturated heterocycles. The Hall–Kier alpha value is -1.52. The van der Waals surface area contributed by atoms with Crippen LogP contribution in [0.3, 0.4) is 0 Å². The lowest BCUT2D eigenvalue weighted by atomic mass is 10.0. The number of alkyl halides is 6. The van der Waals surface area contributed by atoms with Crippen LogP contribution in [0.25, 0.3) is 0 Å². The minimum absolute atomic E-state index is 2.44. The van der Waals surface area contributed by atoms with Gasteiger partial charge in [-0.2, -0.15) is 26.3 Å². The van der Waals surface area contributed by atoms with E-state index in [0.717, 1.165) is 0 Å². The molecule has 0 heterocycles. The van der Waals surface area contributed by atoms with Crippen molar-refractivity contribution in [2.24, 2.45) is 5.73 Å². The molecule has 0 spiro atoms. The fraction of sp³-hybridized carbons (Fsp3) is 0.333. The number of nitrogens with two attached hydrogens (primary N) is 1. The maximum Gasteiger partial charge on any atom is 0.422 e. The van der Waals surface area contributed by atoms with Crippen LogP contribution in [0.4, 0.5) is 43.9 Å². The first kappa shape index (κ1) is 16.5. The predicted octanol–water partition coefficient (Wildman–Crippen LogP) is 3.82. The van der Waals surface area contributed by atoms with E-state index in [1.165, 1.54) is 0 Å². The molecule has 0 aliphatic carbocycles. The predicted molar refractivity (Wildman–Crippen MR) is 44.3 cm³/mol. The summed E-state index contributed by atoms with van der Waals surface area (Å²) in [5, 5.41) is 0. The van der Waals surface area contributed by atoms with E-state index in [4.69, 9.17) is 0 Å². The monoisotopic (exact) mass is 315 g/mol. The Kier molecular flexibility index (Phi) is 3.96. The molecule has 0 aliphatic rings. The third-order valence-corrected chi connectivity index (χ3v) is 2.24. The number of halogens is 10. The zero-order valence-electron chi connectivity index (χ0n) is 8.93. The largest absolute Gasteiger partial charge is 0.422 e. The van der Waals surface area contributed by atoms with Crippen molar-refractivity contribution in [3.8, 4) is 0 Å². The second kappa shape index (κ2) is 4.79. The van der Waals surface area contributed by atoms with E-state index < -0.39 is 52.8 Å². The van der Waals surface area contributed by atoms with Gasteiger partial charge in [-0.3, -0.25) is 0 Å². The summed E-state index contributed by atoms with van der Waals surface area (Å²) in [6.07, 6.45) is -11.4. The van der Waals surface area contributed by atoms with Crippen LogP contribution in [0, 0.1) is 23.3 Å². The summed E-state index contributed by atoms with van der Waals surface area (Å²) >= 11 is 0. The molecule has 2 N–H and O–H groups in total. The van der Waals surface area contributed by atoms with Gasteiger partial charge in [0, 0.05) is 0 Å². The van der Waals surface area contributed by atoms with Crippen LogP contribution in [0.15, 0.2) is 0 Å². The van der Waals surface area contributed by atoms with E-state index in [9.17, 15) is 43.9 Å². The summed E-state index contributed by atoms with van der Waals surface area (Å²) in [5.74, 6) is -11.6. The molecule has 1 atom stereocenters. The minimum atomic E-state index is -5.87. The van der Waals surface area contributed by atoms with E-state index in [1.54, 1.807) is 0 Å². The lowest BCUT2D eigenvalue weighted by molar-refractivity contribution is -0.153. The van der Waals surface area contributed by atoms with Crippen molar-refractivity contribution >= 4 is 0 Å². The molecule has 1 nitrogen and oxygen atoms in total. The van der Waals surface area contributed by atoms with Gasteiger partial charge in [-0.15, -0.1) is 0 Å². The molecule has 0 radical (unpaired) electrons. The fourth-order valence-corrected chi connectivity index (χ4v) is 1.34.